The van der Waals surface area contributed by atoms with Crippen LogP contribution in [0, 0.1) is 5.92 Å². The first-order valence-corrected chi connectivity index (χ1v) is 12.3. The number of phenolic OH excluding ortho intramolecular Hbond substituents is 1. The minimum absolute atomic E-state index is 0.00754. The predicted octanol–water partition coefficient (Wildman–Crippen LogP) is 3.55. The zero-order valence-electron chi connectivity index (χ0n) is 17.3. The Hall–Kier alpha value is -2.14. The van der Waals surface area contributed by atoms with Crippen LogP contribution in [0.2, 0.25) is 0 Å². The van der Waals surface area contributed by atoms with Crippen molar-refractivity contribution < 1.29 is 19.6 Å². The van der Waals surface area contributed by atoms with Crippen molar-refractivity contribution in [2.24, 2.45) is 5.92 Å². The van der Waals surface area contributed by atoms with E-state index in [0.717, 1.165) is 5.56 Å². The van der Waals surface area contributed by atoms with Crippen LogP contribution in [-0.2, 0) is 11.1 Å². The zero-order valence-corrected chi connectivity index (χ0v) is 18.2. The molecule has 3 N–H and O–H groups in total. The number of hydrogen-bond acceptors (Lipinski definition) is 4. The quantitative estimate of drug-likeness (QED) is 0.514. The Balaban J connectivity index is 2.22. The van der Waals surface area contributed by atoms with Crippen LogP contribution >= 0.6 is 7.29 Å². The summed E-state index contributed by atoms with van der Waals surface area (Å²) in [5, 5.41) is 22.3. The Morgan fingerprint density at radius 1 is 1.10 bits per heavy atom. The van der Waals surface area contributed by atoms with Gasteiger partial charge in [-0.2, -0.15) is 0 Å². The van der Waals surface area contributed by atoms with E-state index in [0.29, 0.717) is 13.0 Å². The zero-order chi connectivity index (χ0) is 21.4. The highest BCUT2D eigenvalue weighted by atomic mass is 31.2. The normalized spacial score (nSPS) is 13.8. The summed E-state index contributed by atoms with van der Waals surface area (Å²) in [7, 11) is -2.65. The smallest absolute Gasteiger partial charge is 0.255 e. The molecule has 0 aliphatic carbocycles. The molecule has 0 aliphatic heterocycles. The van der Waals surface area contributed by atoms with Crippen LogP contribution in [-0.4, -0.2) is 53.3 Å². The maximum Gasteiger partial charge on any atom is 0.255 e. The second-order valence-electron chi connectivity index (χ2n) is 7.78. The summed E-state index contributed by atoms with van der Waals surface area (Å²) in [6.45, 7) is 6.13. The lowest BCUT2D eigenvalue weighted by atomic mass is 10.0. The van der Waals surface area contributed by atoms with Gasteiger partial charge in [0.1, 0.15) is 13.0 Å². The van der Waals surface area contributed by atoms with E-state index < -0.39 is 7.29 Å². The summed E-state index contributed by atoms with van der Waals surface area (Å²) in [4.78, 5) is 12.5. The first-order chi connectivity index (χ1) is 13.7. The lowest BCUT2D eigenvalue weighted by molar-refractivity contribution is 0.0935. The Bertz CT molecular complexity index is 838. The first-order valence-electron chi connectivity index (χ1n) is 9.75. The molecule has 2 rings (SSSR count). The van der Waals surface area contributed by atoms with E-state index in [1.165, 1.54) is 6.07 Å². The van der Waals surface area contributed by atoms with E-state index in [-0.39, 0.29) is 42.3 Å². The lowest BCUT2D eigenvalue weighted by Crippen LogP contribution is -2.43. The fraction of sp³-hybridized carbons (Fsp3) is 0.409. The second-order valence-corrected chi connectivity index (χ2v) is 10.9. The average Bonchev–Trinajstić information content (AvgIpc) is 2.69. The number of nitrogens with zero attached hydrogens (tertiary/aromatic N) is 1. The Labute approximate surface area is 173 Å². The van der Waals surface area contributed by atoms with E-state index >= 15 is 0 Å². The molecule has 1 amide bonds. The van der Waals surface area contributed by atoms with E-state index in [1.807, 2.05) is 41.9 Å². The minimum Gasteiger partial charge on any atom is -0.507 e. The summed E-state index contributed by atoms with van der Waals surface area (Å²) < 4.78 is 15.0. The number of carbonyl (C=O) groups is 1. The molecule has 0 aliphatic rings. The van der Waals surface area contributed by atoms with E-state index in [1.54, 1.807) is 31.5 Å². The molecular formula is C22H31N2O4P. The van der Waals surface area contributed by atoms with Gasteiger partial charge in [-0.15, -0.1) is 0 Å². The van der Waals surface area contributed by atoms with Gasteiger partial charge in [0.05, 0.1) is 5.56 Å². The van der Waals surface area contributed by atoms with Gasteiger partial charge in [-0.05, 0) is 30.0 Å². The van der Waals surface area contributed by atoms with Gasteiger partial charge in [0, 0.05) is 39.1 Å². The predicted molar refractivity (Wildman–Crippen MR) is 117 cm³/mol. The van der Waals surface area contributed by atoms with Crippen molar-refractivity contribution in [3.63, 3.8) is 0 Å². The molecule has 0 fully saturated rings. The van der Waals surface area contributed by atoms with Gasteiger partial charge in [-0.3, -0.25) is 4.79 Å². The Morgan fingerprint density at radius 2 is 1.72 bits per heavy atom. The lowest BCUT2D eigenvalue weighted by Gasteiger charge is -2.36. The number of nitrogens with one attached hydrogen (secondary N) is 1. The highest BCUT2D eigenvalue weighted by Gasteiger charge is 2.30. The third-order valence-corrected chi connectivity index (χ3v) is 6.57. The molecule has 0 saturated heterocycles. The molecule has 0 saturated carbocycles. The number of phenols is 1. The number of amides is 1. The van der Waals surface area contributed by atoms with Crippen LogP contribution in [0.3, 0.4) is 0 Å². The number of aromatic hydroxyl groups is 1. The van der Waals surface area contributed by atoms with Gasteiger partial charge in [-0.25, -0.2) is 4.67 Å². The molecule has 2 aromatic rings. The summed E-state index contributed by atoms with van der Waals surface area (Å²) in [6.07, 6.45) is 0.579. The van der Waals surface area contributed by atoms with Gasteiger partial charge >= 0.3 is 0 Å². The summed E-state index contributed by atoms with van der Waals surface area (Å²) >= 11 is 0. The van der Waals surface area contributed by atoms with Crippen LogP contribution in [0.5, 0.6) is 5.75 Å². The maximum atomic E-state index is 13.1. The number of aliphatic hydroxyl groups excluding tert-OH is 1. The van der Waals surface area contributed by atoms with Crippen molar-refractivity contribution in [3.8, 4) is 5.75 Å². The molecule has 7 heteroatoms. The van der Waals surface area contributed by atoms with E-state index in [4.69, 9.17) is 0 Å². The van der Waals surface area contributed by atoms with Crippen LogP contribution in [0.4, 0.5) is 0 Å². The van der Waals surface area contributed by atoms with Crippen LogP contribution in [0.15, 0.2) is 54.6 Å². The molecule has 0 spiro atoms. The molecule has 158 valence electrons. The second kappa shape index (κ2) is 10.6. The molecular weight excluding hydrogens is 387 g/mol. The SMILES string of the molecule is CC(CO)CC(CNC(=O)c1ccccc1O)N(Cc1ccccc1)P(C)(C)=O. The van der Waals surface area contributed by atoms with E-state index in [2.05, 4.69) is 5.32 Å². The number of hydrogen-bond donors (Lipinski definition) is 3. The molecule has 2 aromatic carbocycles. The highest BCUT2D eigenvalue weighted by molar-refractivity contribution is 7.59. The minimum atomic E-state index is -2.65. The first kappa shape index (κ1) is 23.1. The van der Waals surface area contributed by atoms with Crippen LogP contribution in [0.25, 0.3) is 0 Å². The molecule has 0 heterocycles. The third kappa shape index (κ3) is 7.00. The van der Waals surface area contributed by atoms with Gasteiger partial charge in [0.25, 0.3) is 5.91 Å². The van der Waals surface area contributed by atoms with Crippen molar-refractivity contribution in [3.05, 3.63) is 65.7 Å². The van der Waals surface area contributed by atoms with E-state index in [9.17, 15) is 19.6 Å². The van der Waals surface area contributed by atoms with Crippen LogP contribution < -0.4 is 5.32 Å². The maximum absolute atomic E-state index is 13.1. The number of benzene rings is 2. The monoisotopic (exact) mass is 418 g/mol. The molecule has 2 atom stereocenters. The number of aliphatic hydroxyl groups is 1. The average molecular weight is 418 g/mol. The van der Waals surface area contributed by atoms with Gasteiger partial charge < -0.3 is 20.1 Å². The molecule has 2 unspecified atom stereocenters. The van der Waals surface area contributed by atoms with Gasteiger partial charge in [0.2, 0.25) is 0 Å². The van der Waals surface area contributed by atoms with Crippen molar-refractivity contribution in [1.29, 1.82) is 0 Å². The Kier molecular flexibility index (Phi) is 8.45. The van der Waals surface area contributed by atoms with Gasteiger partial charge in [0.15, 0.2) is 0 Å². The number of para-hydroxylation sites is 1. The fourth-order valence-electron chi connectivity index (χ4n) is 3.28. The molecule has 0 radical (unpaired) electrons. The summed E-state index contributed by atoms with van der Waals surface area (Å²) in [6, 6.07) is 15.9. The topological polar surface area (TPSA) is 89.9 Å². The van der Waals surface area contributed by atoms with Crippen molar-refractivity contribution in [1.82, 2.24) is 9.99 Å². The van der Waals surface area contributed by atoms with Crippen LogP contribution in [0.1, 0.15) is 29.3 Å². The summed E-state index contributed by atoms with van der Waals surface area (Å²) in [5.41, 5.74) is 1.23. The molecule has 0 aromatic heterocycles. The van der Waals surface area contributed by atoms with Gasteiger partial charge in [-0.1, -0.05) is 49.4 Å². The molecule has 0 bridgehead atoms. The molecule has 29 heavy (non-hydrogen) atoms. The fourth-order valence-corrected chi connectivity index (χ4v) is 4.75. The standard InChI is InChI=1S/C22H31N2O4P/c1-17(16-25)13-19(14-23-22(27)20-11-7-8-12-21(20)26)24(29(2,3)28)15-18-9-5-4-6-10-18/h4-12,17,19,25-26H,13-16H2,1-3H3,(H,23,27). The van der Waals surface area contributed by atoms with Crippen molar-refractivity contribution in [2.75, 3.05) is 26.5 Å². The number of rotatable bonds is 10. The van der Waals surface area contributed by atoms with Crippen molar-refractivity contribution in [2.45, 2.75) is 25.9 Å². The highest BCUT2D eigenvalue weighted by Crippen LogP contribution is 2.45. The third-order valence-electron chi connectivity index (χ3n) is 4.86. The van der Waals surface area contributed by atoms with Crippen molar-refractivity contribution >= 4 is 13.2 Å². The largest absolute Gasteiger partial charge is 0.507 e. The summed E-state index contributed by atoms with van der Waals surface area (Å²) in [5.74, 6) is -0.471. The number of carbonyl (C=O) groups excluding carboxylic acids is 1. The molecule has 6 nitrogen and oxygen atoms in total. The Morgan fingerprint density at radius 3 is 2.31 bits per heavy atom.